The van der Waals surface area contributed by atoms with Gasteiger partial charge in [-0.1, -0.05) is 55.8 Å². The van der Waals surface area contributed by atoms with Gasteiger partial charge in [-0.3, -0.25) is 0 Å². The lowest BCUT2D eigenvalue weighted by atomic mass is 9.95. The summed E-state index contributed by atoms with van der Waals surface area (Å²) in [6.45, 7) is 2.34. The van der Waals surface area contributed by atoms with Gasteiger partial charge in [-0.25, -0.2) is 0 Å². The summed E-state index contributed by atoms with van der Waals surface area (Å²) in [5.41, 5.74) is 9.46. The minimum Gasteiger partial charge on any atom is -0.399 e. The van der Waals surface area contributed by atoms with Gasteiger partial charge in [0.15, 0.2) is 0 Å². The van der Waals surface area contributed by atoms with Crippen molar-refractivity contribution in [1.82, 2.24) is 0 Å². The van der Waals surface area contributed by atoms with Crippen molar-refractivity contribution in [2.75, 3.05) is 5.73 Å². The van der Waals surface area contributed by atoms with E-state index in [0.29, 0.717) is 0 Å². The Labute approximate surface area is 116 Å². The zero-order valence-electron chi connectivity index (χ0n) is 11.7. The van der Waals surface area contributed by atoms with Crippen molar-refractivity contribution in [2.45, 2.75) is 32.6 Å². The first-order chi connectivity index (χ1) is 9.24. The lowest BCUT2D eigenvalue weighted by molar-refractivity contribution is 0.508. The highest BCUT2D eigenvalue weighted by molar-refractivity contribution is 5.40. The Bertz CT molecular complexity index is 490. The minimum atomic E-state index is 0.739. The summed E-state index contributed by atoms with van der Waals surface area (Å²) in [5, 5.41) is 0. The van der Waals surface area contributed by atoms with E-state index in [2.05, 4.69) is 49.4 Å². The van der Waals surface area contributed by atoms with Crippen molar-refractivity contribution >= 4 is 5.69 Å². The lowest BCUT2D eigenvalue weighted by Crippen LogP contribution is -2.00. The molecule has 0 fully saturated rings. The van der Waals surface area contributed by atoms with Crippen LogP contribution in [0.2, 0.25) is 0 Å². The molecular weight excluding hydrogens is 230 g/mol. The summed E-state index contributed by atoms with van der Waals surface area (Å²) in [6, 6.07) is 19.0. The Kier molecular flexibility index (Phi) is 5.02. The number of benzene rings is 2. The summed E-state index contributed by atoms with van der Waals surface area (Å²) >= 11 is 0. The molecule has 0 aliphatic rings. The van der Waals surface area contributed by atoms with Crippen LogP contribution in [0.15, 0.2) is 54.6 Å². The number of aryl methyl sites for hydroxylation is 1. The van der Waals surface area contributed by atoms with Crippen LogP contribution in [0.3, 0.4) is 0 Å². The molecule has 2 N–H and O–H groups in total. The van der Waals surface area contributed by atoms with E-state index < -0.39 is 0 Å². The molecule has 0 radical (unpaired) electrons. The van der Waals surface area contributed by atoms with Gasteiger partial charge >= 0.3 is 0 Å². The highest BCUT2D eigenvalue weighted by Gasteiger charge is 2.04. The molecule has 0 aliphatic carbocycles. The largest absolute Gasteiger partial charge is 0.399 e. The number of nitrogen functional groups attached to an aromatic ring is 1. The Balaban J connectivity index is 1.73. The van der Waals surface area contributed by atoms with Crippen LogP contribution >= 0.6 is 0 Å². The molecule has 0 aromatic heterocycles. The van der Waals surface area contributed by atoms with E-state index in [9.17, 15) is 0 Å². The fourth-order valence-electron chi connectivity index (χ4n) is 2.52. The average Bonchev–Trinajstić information content (AvgIpc) is 2.40. The molecule has 0 amide bonds. The molecule has 100 valence electrons. The number of hydrogen-bond donors (Lipinski definition) is 1. The van der Waals surface area contributed by atoms with Gasteiger partial charge in [0, 0.05) is 5.69 Å². The second kappa shape index (κ2) is 6.98. The molecule has 1 heteroatoms. The Morgan fingerprint density at radius 2 is 1.68 bits per heavy atom. The van der Waals surface area contributed by atoms with Gasteiger partial charge in [-0.15, -0.1) is 0 Å². The van der Waals surface area contributed by atoms with Crippen molar-refractivity contribution in [3.63, 3.8) is 0 Å². The molecule has 2 aromatic rings. The standard InChI is InChI=1S/C18H23N/c1-15(13-16-8-3-2-4-9-16)7-5-10-17-11-6-12-18(19)14-17/h2-4,6,8-9,11-12,14-15H,5,7,10,13,19H2,1H3. The van der Waals surface area contributed by atoms with Gasteiger partial charge in [0.2, 0.25) is 0 Å². The topological polar surface area (TPSA) is 26.0 Å². The maximum atomic E-state index is 5.79. The second-order valence-corrected chi connectivity index (χ2v) is 5.43. The monoisotopic (exact) mass is 253 g/mol. The first kappa shape index (κ1) is 13.7. The summed E-state index contributed by atoms with van der Waals surface area (Å²) in [4.78, 5) is 0. The van der Waals surface area contributed by atoms with Crippen molar-refractivity contribution in [2.24, 2.45) is 5.92 Å². The molecule has 0 heterocycles. The van der Waals surface area contributed by atoms with E-state index in [-0.39, 0.29) is 0 Å². The molecule has 2 aromatic carbocycles. The third-order valence-electron chi connectivity index (χ3n) is 3.54. The SMILES string of the molecule is CC(CCCc1cccc(N)c1)Cc1ccccc1. The third-order valence-corrected chi connectivity index (χ3v) is 3.54. The molecule has 1 nitrogen and oxygen atoms in total. The van der Waals surface area contributed by atoms with Crippen LogP contribution in [0.1, 0.15) is 30.9 Å². The molecule has 0 saturated heterocycles. The molecule has 1 unspecified atom stereocenters. The van der Waals surface area contributed by atoms with Crippen LogP contribution in [-0.2, 0) is 12.8 Å². The quantitative estimate of drug-likeness (QED) is 0.755. The predicted octanol–water partition coefficient (Wildman–Crippen LogP) is 4.47. The minimum absolute atomic E-state index is 0.739. The van der Waals surface area contributed by atoms with Crippen LogP contribution in [0.4, 0.5) is 5.69 Å². The molecule has 0 saturated carbocycles. The number of hydrogen-bond acceptors (Lipinski definition) is 1. The molecule has 1 atom stereocenters. The van der Waals surface area contributed by atoms with Crippen LogP contribution < -0.4 is 5.73 Å². The molecule has 2 rings (SSSR count). The van der Waals surface area contributed by atoms with Gasteiger partial charge < -0.3 is 5.73 Å². The molecule has 19 heavy (non-hydrogen) atoms. The van der Waals surface area contributed by atoms with Gasteiger partial charge in [0.25, 0.3) is 0 Å². The van der Waals surface area contributed by atoms with Crippen LogP contribution in [0, 0.1) is 5.92 Å². The van der Waals surface area contributed by atoms with E-state index in [0.717, 1.165) is 18.0 Å². The van der Waals surface area contributed by atoms with E-state index in [4.69, 9.17) is 5.73 Å². The van der Waals surface area contributed by atoms with Gasteiger partial charge in [0.1, 0.15) is 0 Å². The number of nitrogens with two attached hydrogens (primary N) is 1. The highest BCUT2D eigenvalue weighted by Crippen LogP contribution is 2.16. The van der Waals surface area contributed by atoms with Gasteiger partial charge in [-0.2, -0.15) is 0 Å². The Morgan fingerprint density at radius 1 is 0.947 bits per heavy atom. The summed E-state index contributed by atoms with van der Waals surface area (Å²) in [5.74, 6) is 0.739. The maximum Gasteiger partial charge on any atom is 0.0316 e. The Morgan fingerprint density at radius 3 is 2.42 bits per heavy atom. The molecular formula is C18H23N. The van der Waals surface area contributed by atoms with Crippen molar-refractivity contribution in [3.05, 3.63) is 65.7 Å². The first-order valence-corrected chi connectivity index (χ1v) is 7.12. The normalized spacial score (nSPS) is 12.3. The van der Waals surface area contributed by atoms with E-state index >= 15 is 0 Å². The zero-order valence-corrected chi connectivity index (χ0v) is 11.7. The average molecular weight is 253 g/mol. The van der Waals surface area contributed by atoms with E-state index in [1.54, 1.807) is 0 Å². The van der Waals surface area contributed by atoms with Crippen molar-refractivity contribution in [3.8, 4) is 0 Å². The van der Waals surface area contributed by atoms with E-state index in [1.807, 2.05) is 12.1 Å². The van der Waals surface area contributed by atoms with Gasteiger partial charge in [0.05, 0.1) is 0 Å². The number of rotatable bonds is 6. The third kappa shape index (κ3) is 4.78. The smallest absolute Gasteiger partial charge is 0.0316 e. The second-order valence-electron chi connectivity index (χ2n) is 5.43. The van der Waals surface area contributed by atoms with E-state index in [1.165, 1.54) is 30.4 Å². The summed E-state index contributed by atoms with van der Waals surface area (Å²) in [7, 11) is 0. The molecule has 0 aliphatic heterocycles. The number of anilines is 1. The summed E-state index contributed by atoms with van der Waals surface area (Å²) < 4.78 is 0. The van der Waals surface area contributed by atoms with Crippen LogP contribution in [0.25, 0.3) is 0 Å². The van der Waals surface area contributed by atoms with Crippen LogP contribution in [0.5, 0.6) is 0 Å². The predicted molar refractivity (Wildman–Crippen MR) is 83.1 cm³/mol. The fraction of sp³-hybridized carbons (Fsp3) is 0.333. The fourth-order valence-corrected chi connectivity index (χ4v) is 2.52. The maximum absolute atomic E-state index is 5.79. The zero-order chi connectivity index (χ0) is 13.5. The lowest BCUT2D eigenvalue weighted by Gasteiger charge is -2.11. The van der Waals surface area contributed by atoms with Crippen LogP contribution in [-0.4, -0.2) is 0 Å². The van der Waals surface area contributed by atoms with Crippen molar-refractivity contribution in [1.29, 1.82) is 0 Å². The summed E-state index contributed by atoms with van der Waals surface area (Å²) in [6.07, 6.45) is 4.81. The first-order valence-electron chi connectivity index (χ1n) is 7.12. The van der Waals surface area contributed by atoms with Crippen molar-refractivity contribution < 1.29 is 0 Å². The molecule has 0 bridgehead atoms. The molecule has 0 spiro atoms. The van der Waals surface area contributed by atoms with Gasteiger partial charge in [-0.05, 0) is 48.4 Å². The highest BCUT2D eigenvalue weighted by atomic mass is 14.5. The Hall–Kier alpha value is -1.76.